The maximum absolute atomic E-state index is 11.4. The van der Waals surface area contributed by atoms with Gasteiger partial charge < -0.3 is 9.51 Å². The third-order valence-electron chi connectivity index (χ3n) is 4.98. The van der Waals surface area contributed by atoms with Crippen molar-refractivity contribution in [2.24, 2.45) is 5.92 Å². The number of nitrogens with zero attached hydrogens (tertiary/aromatic N) is 3. The molecule has 1 aliphatic heterocycles. The van der Waals surface area contributed by atoms with Gasteiger partial charge in [-0.15, -0.1) is 0 Å². The second-order valence-electron chi connectivity index (χ2n) is 6.30. The average Bonchev–Trinajstić information content (AvgIpc) is 3.02. The van der Waals surface area contributed by atoms with Crippen molar-refractivity contribution in [1.29, 1.82) is 5.26 Å². The Labute approximate surface area is 157 Å². The Morgan fingerprint density at radius 3 is 2.56 bits per heavy atom. The van der Waals surface area contributed by atoms with Gasteiger partial charge in [0, 0.05) is 59.6 Å². The summed E-state index contributed by atoms with van der Waals surface area (Å²) in [6, 6.07) is 6.55. The smallest absolute Gasteiger partial charge is 0.150 e. The summed E-state index contributed by atoms with van der Waals surface area (Å²) < 4.78 is 3.18. The molecule has 0 aliphatic carbocycles. The van der Waals surface area contributed by atoms with Crippen molar-refractivity contribution in [1.82, 2.24) is 9.30 Å². The number of likely N-dealkylation sites (tertiary alicyclic amines) is 1. The minimum Gasteiger partial charge on any atom is -0.400 e. The van der Waals surface area contributed by atoms with Gasteiger partial charge in [-0.1, -0.05) is 0 Å². The number of piperidine rings is 1. The predicted molar refractivity (Wildman–Crippen MR) is 102 cm³/mol. The Hall–Kier alpha value is -1.68. The van der Waals surface area contributed by atoms with E-state index in [4.69, 9.17) is 10.4 Å². The molecule has 0 radical (unpaired) electrons. The number of carbonyl (C=O) groups excluding carboxylic acids is 1. The van der Waals surface area contributed by atoms with Crippen molar-refractivity contribution in [3.63, 3.8) is 0 Å². The Balaban J connectivity index is 0.00000109. The first-order valence-electron chi connectivity index (χ1n) is 8.39. The molecule has 25 heavy (non-hydrogen) atoms. The normalized spacial score (nSPS) is 16.8. The van der Waals surface area contributed by atoms with Crippen LogP contribution in [0.1, 0.15) is 47.4 Å². The second kappa shape index (κ2) is 8.61. The zero-order valence-electron chi connectivity index (χ0n) is 14.9. The average molecular weight is 406 g/mol. The Morgan fingerprint density at radius 2 is 2.00 bits per heavy atom. The molecule has 1 aliphatic rings. The van der Waals surface area contributed by atoms with Gasteiger partial charge in [0.25, 0.3) is 0 Å². The van der Waals surface area contributed by atoms with Crippen LogP contribution in [0.2, 0.25) is 0 Å². The molecule has 0 spiro atoms. The summed E-state index contributed by atoms with van der Waals surface area (Å²) in [5.41, 5.74) is 3.96. The highest BCUT2D eigenvalue weighted by Crippen LogP contribution is 2.31. The van der Waals surface area contributed by atoms with Gasteiger partial charge in [-0.3, -0.25) is 9.69 Å². The number of pyridine rings is 1. The SMILES string of the molecule is CO.Cc1c(C=O)cc2cc(Br)cn2c1C(C)N1CCC(C#N)CC1. The number of hydrogen-bond donors (Lipinski definition) is 1. The molecule has 1 fully saturated rings. The maximum Gasteiger partial charge on any atom is 0.150 e. The molecule has 1 N–H and O–H groups in total. The number of nitriles is 1. The maximum atomic E-state index is 11.4. The summed E-state index contributed by atoms with van der Waals surface area (Å²) in [5.74, 6) is 0.182. The van der Waals surface area contributed by atoms with Crippen molar-refractivity contribution >= 4 is 27.7 Å². The summed E-state index contributed by atoms with van der Waals surface area (Å²) in [4.78, 5) is 13.9. The number of aldehydes is 1. The molecule has 0 amide bonds. The van der Waals surface area contributed by atoms with Gasteiger partial charge >= 0.3 is 0 Å². The fourth-order valence-electron chi connectivity index (χ4n) is 3.59. The topological polar surface area (TPSA) is 68.7 Å². The van der Waals surface area contributed by atoms with E-state index in [2.05, 4.69) is 44.4 Å². The molecule has 6 heteroatoms. The standard InChI is InChI=1S/C18H20BrN3O.CH4O/c1-12-15(11-23)7-17-8-16(19)10-22(17)18(12)13(2)21-5-3-14(9-20)4-6-21;1-2/h7-8,10-11,13-14H,3-6H2,1-2H3;2H,1H3. The Bertz CT molecular complexity index is 786. The van der Waals surface area contributed by atoms with Crippen LogP contribution < -0.4 is 0 Å². The van der Waals surface area contributed by atoms with Gasteiger partial charge in [-0.2, -0.15) is 5.26 Å². The fraction of sp³-hybridized carbons (Fsp3) is 0.474. The molecule has 3 rings (SSSR count). The Morgan fingerprint density at radius 1 is 1.36 bits per heavy atom. The van der Waals surface area contributed by atoms with Crippen molar-refractivity contribution in [3.8, 4) is 6.07 Å². The summed E-state index contributed by atoms with van der Waals surface area (Å²) in [6.07, 6.45) is 4.84. The number of hydrogen-bond acceptors (Lipinski definition) is 4. The summed E-state index contributed by atoms with van der Waals surface area (Å²) >= 11 is 3.53. The van der Waals surface area contributed by atoms with Crippen LogP contribution in [-0.4, -0.2) is 40.9 Å². The lowest BCUT2D eigenvalue weighted by molar-refractivity contribution is 0.112. The van der Waals surface area contributed by atoms with Gasteiger partial charge in [-0.25, -0.2) is 0 Å². The number of aliphatic hydroxyl groups is 1. The van der Waals surface area contributed by atoms with Crippen LogP contribution >= 0.6 is 15.9 Å². The highest BCUT2D eigenvalue weighted by Gasteiger charge is 2.26. The largest absolute Gasteiger partial charge is 0.400 e. The minimum atomic E-state index is 0.182. The molecule has 1 atom stereocenters. The first-order chi connectivity index (χ1) is 12.0. The van der Waals surface area contributed by atoms with E-state index < -0.39 is 0 Å². The van der Waals surface area contributed by atoms with E-state index in [1.165, 1.54) is 0 Å². The third-order valence-corrected chi connectivity index (χ3v) is 5.41. The van der Waals surface area contributed by atoms with E-state index >= 15 is 0 Å². The van der Waals surface area contributed by atoms with Crippen molar-refractivity contribution < 1.29 is 9.90 Å². The van der Waals surface area contributed by atoms with Crippen LogP contribution in [0.5, 0.6) is 0 Å². The molecule has 1 saturated heterocycles. The molecule has 0 saturated carbocycles. The van der Waals surface area contributed by atoms with E-state index in [9.17, 15) is 4.79 Å². The van der Waals surface area contributed by atoms with Crippen molar-refractivity contribution in [2.45, 2.75) is 32.7 Å². The van der Waals surface area contributed by atoms with E-state index in [1.807, 2.05) is 19.1 Å². The third kappa shape index (κ3) is 3.95. The molecular weight excluding hydrogens is 382 g/mol. The lowest BCUT2D eigenvalue weighted by atomic mass is 9.95. The monoisotopic (exact) mass is 405 g/mol. The van der Waals surface area contributed by atoms with Gasteiger partial charge in [-0.05, 0) is 60.3 Å². The number of halogens is 1. The number of fused-ring (bicyclic) bond motifs is 1. The zero-order valence-corrected chi connectivity index (χ0v) is 16.5. The minimum absolute atomic E-state index is 0.182. The van der Waals surface area contributed by atoms with Crippen LogP contribution in [0.15, 0.2) is 22.8 Å². The number of aliphatic hydroxyl groups excluding tert-OH is 1. The molecule has 0 aromatic carbocycles. The van der Waals surface area contributed by atoms with Crippen LogP contribution in [0, 0.1) is 24.2 Å². The van der Waals surface area contributed by atoms with Crippen LogP contribution in [0.3, 0.4) is 0 Å². The van der Waals surface area contributed by atoms with E-state index in [1.54, 1.807) is 0 Å². The molecule has 5 nitrogen and oxygen atoms in total. The quantitative estimate of drug-likeness (QED) is 0.789. The summed E-state index contributed by atoms with van der Waals surface area (Å²) in [7, 11) is 1.00. The highest BCUT2D eigenvalue weighted by atomic mass is 79.9. The highest BCUT2D eigenvalue weighted by molar-refractivity contribution is 9.10. The molecule has 134 valence electrons. The Kier molecular flexibility index (Phi) is 6.77. The van der Waals surface area contributed by atoms with Gasteiger partial charge in [0.05, 0.1) is 6.07 Å². The van der Waals surface area contributed by atoms with Gasteiger partial charge in [0.15, 0.2) is 0 Å². The molecule has 1 unspecified atom stereocenters. The van der Waals surface area contributed by atoms with Crippen molar-refractivity contribution in [2.75, 3.05) is 20.2 Å². The van der Waals surface area contributed by atoms with Crippen LogP contribution in [0.25, 0.3) is 5.52 Å². The molecule has 0 bridgehead atoms. The fourth-order valence-corrected chi connectivity index (χ4v) is 4.03. The number of aromatic nitrogens is 1. The zero-order chi connectivity index (χ0) is 18.6. The predicted octanol–water partition coefficient (Wildman–Crippen LogP) is 3.73. The lowest BCUT2D eigenvalue weighted by Crippen LogP contribution is -2.36. The van der Waals surface area contributed by atoms with Gasteiger partial charge in [0.1, 0.15) is 6.29 Å². The number of carbonyl (C=O) groups is 1. The molecule has 2 aromatic rings. The summed E-state index contributed by atoms with van der Waals surface area (Å²) in [5, 5.41) is 16.1. The van der Waals surface area contributed by atoms with E-state index in [-0.39, 0.29) is 12.0 Å². The lowest BCUT2D eigenvalue weighted by Gasteiger charge is -2.35. The van der Waals surface area contributed by atoms with E-state index in [0.717, 1.165) is 66.1 Å². The molecular formula is C19H24BrN3O2. The van der Waals surface area contributed by atoms with E-state index in [0.29, 0.717) is 0 Å². The van der Waals surface area contributed by atoms with Crippen LogP contribution in [-0.2, 0) is 0 Å². The van der Waals surface area contributed by atoms with Crippen molar-refractivity contribution in [3.05, 3.63) is 39.6 Å². The first kappa shape index (κ1) is 19.6. The number of rotatable bonds is 3. The second-order valence-corrected chi connectivity index (χ2v) is 7.21. The molecule has 2 aromatic heterocycles. The van der Waals surface area contributed by atoms with Gasteiger partial charge in [0.2, 0.25) is 0 Å². The molecule has 3 heterocycles. The first-order valence-corrected chi connectivity index (χ1v) is 9.19. The van der Waals surface area contributed by atoms with Crippen LogP contribution in [0.4, 0.5) is 0 Å². The summed E-state index contributed by atoms with van der Waals surface area (Å²) in [6.45, 7) is 6.06.